The van der Waals surface area contributed by atoms with E-state index in [2.05, 4.69) is 11.5 Å². The van der Waals surface area contributed by atoms with Gasteiger partial charge in [0.1, 0.15) is 6.04 Å². The van der Waals surface area contributed by atoms with Crippen LogP contribution in [0, 0.1) is 0 Å². The summed E-state index contributed by atoms with van der Waals surface area (Å²) in [5.74, 6) is 0.379. The number of pyridine rings is 1. The molecule has 9 heteroatoms. The Morgan fingerprint density at radius 2 is 2.03 bits per heavy atom. The largest absolute Gasteiger partial charge is 0.493 e. The van der Waals surface area contributed by atoms with Crippen molar-refractivity contribution in [1.82, 2.24) is 9.47 Å². The Hall–Kier alpha value is -2.88. The molecule has 35 heavy (non-hydrogen) atoms. The van der Waals surface area contributed by atoms with Crippen LogP contribution >= 0.6 is 0 Å². The van der Waals surface area contributed by atoms with Crippen LogP contribution in [0.15, 0.2) is 29.2 Å². The fourth-order valence-electron chi connectivity index (χ4n) is 4.86. The van der Waals surface area contributed by atoms with E-state index in [1.54, 1.807) is 20.3 Å². The summed E-state index contributed by atoms with van der Waals surface area (Å²) in [5, 5.41) is 9.56. The molecule has 4 rings (SSSR count). The van der Waals surface area contributed by atoms with Gasteiger partial charge in [0.2, 0.25) is 0 Å². The summed E-state index contributed by atoms with van der Waals surface area (Å²) in [5.41, 5.74) is 3.40. The topological polar surface area (TPSA) is 99.5 Å². The summed E-state index contributed by atoms with van der Waals surface area (Å²) < 4.78 is 24.2. The van der Waals surface area contributed by atoms with Crippen LogP contribution in [-0.4, -0.2) is 73.8 Å². The Kier molecular flexibility index (Phi) is 8.10. The number of rotatable bonds is 10. The Morgan fingerprint density at radius 3 is 2.74 bits per heavy atom. The third-order valence-corrected chi connectivity index (χ3v) is 6.79. The Labute approximate surface area is 205 Å². The van der Waals surface area contributed by atoms with Crippen molar-refractivity contribution in [2.24, 2.45) is 0 Å². The van der Waals surface area contributed by atoms with Crippen LogP contribution in [0.2, 0.25) is 0 Å². The van der Waals surface area contributed by atoms with Gasteiger partial charge in [-0.3, -0.25) is 14.5 Å². The second-order valence-corrected chi connectivity index (χ2v) is 8.98. The molecule has 190 valence electrons. The number of ether oxygens (including phenoxy) is 4. The molecule has 1 aromatic carbocycles. The van der Waals surface area contributed by atoms with Gasteiger partial charge in [0, 0.05) is 62.7 Å². The smallest absolute Gasteiger partial charge is 0.323 e. The summed E-state index contributed by atoms with van der Waals surface area (Å²) in [6.45, 7) is 4.62. The predicted octanol–water partition coefficient (Wildman–Crippen LogP) is 2.73. The molecule has 1 N–H and O–H groups in total. The molecule has 1 saturated heterocycles. The van der Waals surface area contributed by atoms with Crippen molar-refractivity contribution < 1.29 is 28.8 Å². The molecular weight excluding hydrogens is 452 g/mol. The lowest BCUT2D eigenvalue weighted by Gasteiger charge is -2.34. The number of hydrogen-bond donors (Lipinski definition) is 1. The minimum absolute atomic E-state index is 0.103. The normalized spacial score (nSPS) is 19.6. The van der Waals surface area contributed by atoms with E-state index in [1.807, 2.05) is 23.2 Å². The average Bonchev–Trinajstić information content (AvgIpc) is 2.86. The van der Waals surface area contributed by atoms with Gasteiger partial charge in [0.25, 0.3) is 0 Å². The number of carboxylic acids is 1. The van der Waals surface area contributed by atoms with Gasteiger partial charge in [-0.1, -0.05) is 6.92 Å². The number of carbonyl (C=O) groups is 1. The Morgan fingerprint density at radius 1 is 1.20 bits per heavy atom. The molecule has 3 heterocycles. The van der Waals surface area contributed by atoms with Crippen LogP contribution in [-0.2, 0) is 27.2 Å². The van der Waals surface area contributed by atoms with Gasteiger partial charge in [0.05, 0.1) is 32.6 Å². The first kappa shape index (κ1) is 25.2. The van der Waals surface area contributed by atoms with Gasteiger partial charge >= 0.3 is 5.97 Å². The van der Waals surface area contributed by atoms with Gasteiger partial charge in [-0.25, -0.2) is 0 Å². The standard InChI is InChI=1S/C26H34N2O7/c1-4-19-10-17-11-25(35-8-5-7-32-2)24(33-3)12-20(17)21-13-23(29)18(15-28(19)21)14-27-6-9-34-16-22(27)26(30)31/h11-13,15,19,22H,4-10,14,16H2,1-3H3,(H,30,31). The quantitative estimate of drug-likeness (QED) is 0.512. The number of benzene rings is 1. The molecule has 0 saturated carbocycles. The van der Waals surface area contributed by atoms with Crippen molar-refractivity contribution in [2.75, 3.05) is 47.2 Å². The number of carboxylic acid groups (broad SMARTS) is 1. The van der Waals surface area contributed by atoms with Crippen LogP contribution in [0.5, 0.6) is 11.5 Å². The molecular formula is C26H34N2O7. The van der Waals surface area contributed by atoms with Crippen molar-refractivity contribution in [3.63, 3.8) is 0 Å². The number of morpholine rings is 1. The highest BCUT2D eigenvalue weighted by Crippen LogP contribution is 2.41. The summed E-state index contributed by atoms with van der Waals surface area (Å²) in [7, 11) is 3.28. The SMILES string of the molecule is CCC1Cc2cc(OCCCOC)c(OC)cc2-c2cc(=O)c(CN3CCOCC3C(=O)O)cn21. The van der Waals surface area contributed by atoms with Gasteiger partial charge in [0.15, 0.2) is 16.9 Å². The molecule has 2 unspecified atom stereocenters. The predicted molar refractivity (Wildman–Crippen MR) is 130 cm³/mol. The third-order valence-electron chi connectivity index (χ3n) is 6.79. The second-order valence-electron chi connectivity index (χ2n) is 8.98. The zero-order valence-electron chi connectivity index (χ0n) is 20.6. The highest BCUT2D eigenvalue weighted by Gasteiger charge is 2.31. The highest BCUT2D eigenvalue weighted by molar-refractivity contribution is 5.74. The van der Waals surface area contributed by atoms with Crippen LogP contribution in [0.25, 0.3) is 11.3 Å². The lowest BCUT2D eigenvalue weighted by atomic mass is 9.90. The summed E-state index contributed by atoms with van der Waals surface area (Å²) in [4.78, 5) is 26.7. The fourth-order valence-corrected chi connectivity index (χ4v) is 4.86. The van der Waals surface area contributed by atoms with Crippen LogP contribution in [0.3, 0.4) is 0 Å². The molecule has 1 aromatic heterocycles. The first-order chi connectivity index (χ1) is 17.0. The van der Waals surface area contributed by atoms with Crippen molar-refractivity contribution in [3.8, 4) is 22.8 Å². The molecule has 9 nitrogen and oxygen atoms in total. The fraction of sp³-hybridized carbons (Fsp3) is 0.538. The number of aromatic nitrogens is 1. The number of hydrogen-bond acceptors (Lipinski definition) is 7. The molecule has 2 aliphatic rings. The molecule has 1 fully saturated rings. The zero-order valence-corrected chi connectivity index (χ0v) is 20.6. The van der Waals surface area contributed by atoms with Crippen LogP contribution in [0.4, 0.5) is 0 Å². The summed E-state index contributed by atoms with van der Waals surface area (Å²) in [6.07, 6.45) is 4.38. The highest BCUT2D eigenvalue weighted by atomic mass is 16.5. The maximum atomic E-state index is 13.2. The van der Waals surface area contributed by atoms with E-state index in [9.17, 15) is 14.7 Å². The first-order valence-corrected chi connectivity index (χ1v) is 12.1. The van der Waals surface area contributed by atoms with E-state index in [-0.39, 0.29) is 24.6 Å². The molecule has 0 amide bonds. The minimum Gasteiger partial charge on any atom is -0.493 e. The molecule has 0 bridgehead atoms. The van der Waals surface area contributed by atoms with Crippen LogP contribution < -0.4 is 14.9 Å². The number of fused-ring (bicyclic) bond motifs is 3. The van der Waals surface area contributed by atoms with Gasteiger partial charge in [-0.15, -0.1) is 0 Å². The van der Waals surface area contributed by atoms with Gasteiger partial charge in [-0.05, 0) is 30.5 Å². The van der Waals surface area contributed by atoms with Gasteiger partial charge in [-0.2, -0.15) is 0 Å². The van der Waals surface area contributed by atoms with E-state index in [1.165, 1.54) is 0 Å². The van der Waals surface area contributed by atoms with E-state index >= 15 is 0 Å². The molecule has 0 spiro atoms. The second kappa shape index (κ2) is 11.2. The maximum absolute atomic E-state index is 13.2. The monoisotopic (exact) mass is 486 g/mol. The lowest BCUT2D eigenvalue weighted by molar-refractivity contribution is -0.150. The molecule has 0 aliphatic carbocycles. The first-order valence-electron chi connectivity index (χ1n) is 12.1. The van der Waals surface area contributed by atoms with Crippen molar-refractivity contribution >= 4 is 5.97 Å². The summed E-state index contributed by atoms with van der Waals surface area (Å²) in [6, 6.07) is 5.06. The molecule has 2 atom stereocenters. The van der Waals surface area contributed by atoms with Crippen molar-refractivity contribution in [1.29, 1.82) is 0 Å². The Balaban J connectivity index is 1.68. The van der Waals surface area contributed by atoms with E-state index < -0.39 is 12.0 Å². The molecule has 2 aromatic rings. The van der Waals surface area contributed by atoms with Crippen molar-refractivity contribution in [2.45, 2.75) is 44.8 Å². The zero-order chi connectivity index (χ0) is 24.9. The maximum Gasteiger partial charge on any atom is 0.323 e. The number of aliphatic carboxylic acids is 1. The van der Waals surface area contributed by atoms with Crippen molar-refractivity contribution in [3.05, 3.63) is 45.7 Å². The minimum atomic E-state index is -0.935. The van der Waals surface area contributed by atoms with E-state index in [4.69, 9.17) is 18.9 Å². The number of methoxy groups -OCH3 is 2. The third kappa shape index (κ3) is 5.37. The molecule has 0 radical (unpaired) electrons. The average molecular weight is 487 g/mol. The summed E-state index contributed by atoms with van der Waals surface area (Å²) >= 11 is 0. The van der Waals surface area contributed by atoms with E-state index in [0.29, 0.717) is 43.4 Å². The van der Waals surface area contributed by atoms with Gasteiger partial charge < -0.3 is 28.6 Å². The number of nitrogens with zero attached hydrogens (tertiary/aromatic N) is 2. The Bertz CT molecular complexity index is 1110. The lowest BCUT2D eigenvalue weighted by Crippen LogP contribution is -2.49. The molecule has 2 aliphatic heterocycles. The van der Waals surface area contributed by atoms with Crippen LogP contribution in [0.1, 0.15) is 36.9 Å². The van der Waals surface area contributed by atoms with E-state index in [0.717, 1.165) is 36.1 Å².